The molecule has 0 radical (unpaired) electrons. The third-order valence-corrected chi connectivity index (χ3v) is 3.90. The molecule has 0 aliphatic carbocycles. The fourth-order valence-corrected chi connectivity index (χ4v) is 2.91. The molecule has 0 saturated heterocycles. The van der Waals surface area contributed by atoms with E-state index in [0.29, 0.717) is 18.8 Å². The number of hydrogen-bond acceptors (Lipinski definition) is 2. The first kappa shape index (κ1) is 12.7. The van der Waals surface area contributed by atoms with Crippen LogP contribution < -0.4 is 0 Å². The number of carboxylic acids is 1. The number of carbonyl (C=O) groups is 2. The SMILES string of the molecule is CCN1C[C@@H](C)n2c(cc3ccc(C(=O)O)cc32)C1=O. The first-order valence-corrected chi connectivity index (χ1v) is 6.70. The van der Waals surface area contributed by atoms with Crippen LogP contribution in [0.1, 0.15) is 40.7 Å². The van der Waals surface area contributed by atoms with Gasteiger partial charge in [-0.05, 0) is 32.0 Å². The van der Waals surface area contributed by atoms with Crippen LogP contribution in [0.3, 0.4) is 0 Å². The number of aromatic nitrogens is 1. The van der Waals surface area contributed by atoms with E-state index in [0.717, 1.165) is 10.9 Å². The summed E-state index contributed by atoms with van der Waals surface area (Å²) in [5.41, 5.74) is 1.70. The van der Waals surface area contributed by atoms with Crippen LogP contribution in [-0.4, -0.2) is 39.5 Å². The van der Waals surface area contributed by atoms with Crippen molar-refractivity contribution in [2.45, 2.75) is 19.9 Å². The normalized spacial score (nSPS) is 18.4. The topological polar surface area (TPSA) is 62.5 Å². The van der Waals surface area contributed by atoms with E-state index in [2.05, 4.69) is 0 Å². The van der Waals surface area contributed by atoms with Gasteiger partial charge in [-0.15, -0.1) is 0 Å². The van der Waals surface area contributed by atoms with E-state index in [1.165, 1.54) is 0 Å². The summed E-state index contributed by atoms with van der Waals surface area (Å²) in [5, 5.41) is 10.0. The Bertz CT molecular complexity index is 717. The van der Waals surface area contributed by atoms with Crippen molar-refractivity contribution in [1.29, 1.82) is 0 Å². The average molecular weight is 272 g/mol. The maximum atomic E-state index is 12.4. The summed E-state index contributed by atoms with van der Waals surface area (Å²) >= 11 is 0. The van der Waals surface area contributed by atoms with Gasteiger partial charge in [0, 0.05) is 30.0 Å². The third-order valence-electron chi connectivity index (χ3n) is 3.90. The highest BCUT2D eigenvalue weighted by atomic mass is 16.4. The van der Waals surface area contributed by atoms with E-state index in [9.17, 15) is 9.59 Å². The first-order valence-electron chi connectivity index (χ1n) is 6.70. The predicted molar refractivity (Wildman–Crippen MR) is 75.2 cm³/mol. The molecule has 104 valence electrons. The van der Waals surface area contributed by atoms with Gasteiger partial charge in [0.1, 0.15) is 5.69 Å². The van der Waals surface area contributed by atoms with E-state index in [1.807, 2.05) is 29.4 Å². The van der Waals surface area contributed by atoms with Gasteiger partial charge in [0.05, 0.1) is 5.56 Å². The lowest BCUT2D eigenvalue weighted by molar-refractivity contribution is 0.0687. The van der Waals surface area contributed by atoms with Gasteiger partial charge >= 0.3 is 5.97 Å². The molecule has 2 aromatic rings. The Kier molecular flexibility index (Phi) is 2.78. The summed E-state index contributed by atoms with van der Waals surface area (Å²) in [6.07, 6.45) is 0. The second-order valence-electron chi connectivity index (χ2n) is 5.17. The number of amides is 1. The quantitative estimate of drug-likeness (QED) is 0.913. The molecule has 0 spiro atoms. The molecule has 1 aliphatic rings. The second-order valence-corrected chi connectivity index (χ2v) is 5.17. The van der Waals surface area contributed by atoms with Crippen LogP contribution in [0, 0.1) is 0 Å². The third kappa shape index (κ3) is 1.70. The number of carbonyl (C=O) groups excluding carboxylic acids is 1. The fourth-order valence-electron chi connectivity index (χ4n) is 2.91. The summed E-state index contributed by atoms with van der Waals surface area (Å²) in [4.78, 5) is 25.3. The molecule has 0 bridgehead atoms. The molecule has 0 unspecified atom stereocenters. The van der Waals surface area contributed by atoms with Crippen LogP contribution in [0.15, 0.2) is 24.3 Å². The van der Waals surface area contributed by atoms with Gasteiger partial charge < -0.3 is 14.6 Å². The highest BCUT2D eigenvalue weighted by Crippen LogP contribution is 2.30. The van der Waals surface area contributed by atoms with Crippen LogP contribution in [-0.2, 0) is 0 Å². The molecule has 1 amide bonds. The molecule has 5 heteroatoms. The minimum absolute atomic E-state index is 0.0127. The Morgan fingerprint density at radius 2 is 2.15 bits per heavy atom. The molecular formula is C15H16N2O3. The van der Waals surface area contributed by atoms with Crippen LogP contribution in [0.25, 0.3) is 10.9 Å². The monoisotopic (exact) mass is 272 g/mol. The number of benzene rings is 1. The molecule has 5 nitrogen and oxygen atoms in total. The zero-order chi connectivity index (χ0) is 14.4. The Morgan fingerprint density at radius 3 is 2.80 bits per heavy atom. The van der Waals surface area contributed by atoms with Crippen molar-refractivity contribution in [3.05, 3.63) is 35.5 Å². The van der Waals surface area contributed by atoms with E-state index in [1.54, 1.807) is 18.2 Å². The molecule has 0 saturated carbocycles. The van der Waals surface area contributed by atoms with Gasteiger partial charge in [0.2, 0.25) is 0 Å². The number of fused-ring (bicyclic) bond motifs is 3. The van der Waals surface area contributed by atoms with Crippen molar-refractivity contribution in [3.8, 4) is 0 Å². The number of nitrogens with zero attached hydrogens (tertiary/aromatic N) is 2. The largest absolute Gasteiger partial charge is 0.478 e. The smallest absolute Gasteiger partial charge is 0.335 e. The highest BCUT2D eigenvalue weighted by molar-refractivity contribution is 6.01. The average Bonchev–Trinajstić information content (AvgIpc) is 2.81. The van der Waals surface area contributed by atoms with Gasteiger partial charge in [0.15, 0.2) is 0 Å². The lowest BCUT2D eigenvalue weighted by Crippen LogP contribution is -2.41. The van der Waals surface area contributed by atoms with Gasteiger partial charge in [-0.1, -0.05) is 6.07 Å². The molecule has 1 N–H and O–H groups in total. The summed E-state index contributed by atoms with van der Waals surface area (Å²) in [5.74, 6) is -0.939. The van der Waals surface area contributed by atoms with E-state index in [-0.39, 0.29) is 17.5 Å². The summed E-state index contributed by atoms with van der Waals surface area (Å²) in [6.45, 7) is 5.35. The van der Waals surface area contributed by atoms with Gasteiger partial charge in [-0.3, -0.25) is 4.79 Å². The van der Waals surface area contributed by atoms with E-state index < -0.39 is 5.97 Å². The van der Waals surface area contributed by atoms with Crippen LogP contribution in [0.5, 0.6) is 0 Å². The van der Waals surface area contributed by atoms with Crippen molar-refractivity contribution < 1.29 is 14.7 Å². The van der Waals surface area contributed by atoms with Crippen molar-refractivity contribution >= 4 is 22.8 Å². The molecule has 1 atom stereocenters. The second kappa shape index (κ2) is 4.37. The number of carboxylic acid groups (broad SMARTS) is 1. The molecule has 3 rings (SSSR count). The minimum Gasteiger partial charge on any atom is -0.478 e. The molecule has 1 aromatic heterocycles. The number of hydrogen-bond donors (Lipinski definition) is 1. The number of aromatic carboxylic acids is 1. The lowest BCUT2D eigenvalue weighted by atomic mass is 10.1. The Hall–Kier alpha value is -2.30. The Balaban J connectivity index is 2.24. The van der Waals surface area contributed by atoms with Crippen molar-refractivity contribution in [2.75, 3.05) is 13.1 Å². The van der Waals surface area contributed by atoms with Crippen LogP contribution >= 0.6 is 0 Å². The Morgan fingerprint density at radius 1 is 1.40 bits per heavy atom. The molecular weight excluding hydrogens is 256 g/mol. The maximum Gasteiger partial charge on any atom is 0.335 e. The van der Waals surface area contributed by atoms with Crippen LogP contribution in [0.4, 0.5) is 0 Å². The van der Waals surface area contributed by atoms with Crippen molar-refractivity contribution in [3.63, 3.8) is 0 Å². The van der Waals surface area contributed by atoms with Crippen molar-refractivity contribution in [1.82, 2.24) is 9.47 Å². The zero-order valence-corrected chi connectivity index (χ0v) is 11.5. The number of rotatable bonds is 2. The Labute approximate surface area is 116 Å². The first-order chi connectivity index (χ1) is 9.52. The van der Waals surface area contributed by atoms with Crippen molar-refractivity contribution in [2.24, 2.45) is 0 Å². The predicted octanol–water partition coefficient (Wildman–Crippen LogP) is 2.38. The fraction of sp³-hybridized carbons (Fsp3) is 0.333. The summed E-state index contributed by atoms with van der Waals surface area (Å²) < 4.78 is 1.95. The minimum atomic E-state index is -0.951. The standard InChI is InChI=1S/C15H16N2O3/c1-3-16-8-9(2)17-12-7-11(15(19)20)5-4-10(12)6-13(17)14(16)18/h4-7,9H,3,8H2,1-2H3,(H,19,20)/t9-/m1/s1. The lowest BCUT2D eigenvalue weighted by Gasteiger charge is -2.32. The zero-order valence-electron chi connectivity index (χ0n) is 11.5. The molecule has 20 heavy (non-hydrogen) atoms. The number of likely N-dealkylation sites (N-methyl/N-ethyl adjacent to an activating group) is 1. The van der Waals surface area contributed by atoms with Gasteiger partial charge in [-0.2, -0.15) is 0 Å². The van der Waals surface area contributed by atoms with Crippen LogP contribution in [0.2, 0.25) is 0 Å². The van der Waals surface area contributed by atoms with E-state index in [4.69, 9.17) is 5.11 Å². The van der Waals surface area contributed by atoms with Gasteiger partial charge in [0.25, 0.3) is 5.91 Å². The van der Waals surface area contributed by atoms with E-state index >= 15 is 0 Å². The summed E-state index contributed by atoms with van der Waals surface area (Å²) in [7, 11) is 0. The highest BCUT2D eigenvalue weighted by Gasteiger charge is 2.29. The molecule has 2 heterocycles. The summed E-state index contributed by atoms with van der Waals surface area (Å²) in [6, 6.07) is 6.97. The van der Waals surface area contributed by atoms with Gasteiger partial charge in [-0.25, -0.2) is 4.79 Å². The molecule has 0 fully saturated rings. The molecule has 1 aromatic carbocycles. The maximum absolute atomic E-state index is 12.4. The molecule has 1 aliphatic heterocycles.